The molecule has 0 aliphatic carbocycles. The lowest BCUT2D eigenvalue weighted by atomic mass is 10.3. The van der Waals surface area contributed by atoms with Crippen LogP contribution in [0, 0.1) is 0 Å². The zero-order valence-corrected chi connectivity index (χ0v) is 15.7. The van der Waals surface area contributed by atoms with Crippen LogP contribution in [-0.2, 0) is 14.8 Å². The second-order valence-electron chi connectivity index (χ2n) is 6.12. The third kappa shape index (κ3) is 4.21. The summed E-state index contributed by atoms with van der Waals surface area (Å²) in [5.41, 5.74) is 2.18. The Hall–Kier alpha value is -3.18. The van der Waals surface area contributed by atoms with Crippen molar-refractivity contribution < 1.29 is 13.2 Å². The fraction of sp³-hybridized carbons (Fsp3) is 0.235. The third-order valence-electron chi connectivity index (χ3n) is 4.19. The molecule has 0 amide bonds. The summed E-state index contributed by atoms with van der Waals surface area (Å²) in [6, 6.07) is 8.76. The summed E-state index contributed by atoms with van der Waals surface area (Å²) in [5, 5.41) is 11.3. The molecule has 0 unspecified atom stereocenters. The van der Waals surface area contributed by atoms with E-state index in [1.54, 1.807) is 30.5 Å². The predicted molar refractivity (Wildman–Crippen MR) is 104 cm³/mol. The molecule has 4 rings (SSSR count). The minimum Gasteiger partial charge on any atom is -0.378 e. The van der Waals surface area contributed by atoms with Crippen molar-refractivity contribution in [3.63, 3.8) is 0 Å². The van der Waals surface area contributed by atoms with E-state index in [-0.39, 0.29) is 5.03 Å². The van der Waals surface area contributed by atoms with Gasteiger partial charge in [-0.2, -0.15) is 13.5 Å². The molecule has 1 aliphatic heterocycles. The molecule has 3 N–H and O–H groups in total. The van der Waals surface area contributed by atoms with Crippen molar-refractivity contribution in [1.82, 2.24) is 20.2 Å². The summed E-state index contributed by atoms with van der Waals surface area (Å²) in [6.45, 7) is 3.02. The topological polar surface area (TPSA) is 125 Å². The highest BCUT2D eigenvalue weighted by atomic mass is 32.2. The number of aromatic nitrogens is 4. The van der Waals surface area contributed by atoms with E-state index < -0.39 is 10.0 Å². The van der Waals surface area contributed by atoms with Crippen LogP contribution in [0.15, 0.2) is 54.1 Å². The van der Waals surface area contributed by atoms with Crippen LogP contribution in [0.25, 0.3) is 0 Å². The van der Waals surface area contributed by atoms with Crippen LogP contribution in [0.4, 0.5) is 22.9 Å². The van der Waals surface area contributed by atoms with E-state index >= 15 is 0 Å². The highest BCUT2D eigenvalue weighted by Crippen LogP contribution is 2.22. The van der Waals surface area contributed by atoms with Gasteiger partial charge in [0.2, 0.25) is 0 Å². The van der Waals surface area contributed by atoms with E-state index in [0.717, 1.165) is 24.5 Å². The number of aromatic amines is 1. The smallest absolute Gasteiger partial charge is 0.278 e. The molecule has 10 nitrogen and oxygen atoms in total. The highest BCUT2D eigenvalue weighted by molar-refractivity contribution is 7.92. The number of anilines is 4. The van der Waals surface area contributed by atoms with Crippen molar-refractivity contribution in [2.75, 3.05) is 41.2 Å². The molecule has 0 spiro atoms. The molecular weight excluding hydrogens is 382 g/mol. The number of sulfonamides is 1. The van der Waals surface area contributed by atoms with E-state index in [9.17, 15) is 8.42 Å². The van der Waals surface area contributed by atoms with Crippen LogP contribution in [0.5, 0.6) is 0 Å². The van der Waals surface area contributed by atoms with Gasteiger partial charge in [-0.1, -0.05) is 0 Å². The van der Waals surface area contributed by atoms with Crippen LogP contribution in [-0.4, -0.2) is 54.9 Å². The van der Waals surface area contributed by atoms with Crippen molar-refractivity contribution in [1.29, 1.82) is 0 Å². The van der Waals surface area contributed by atoms with E-state index in [1.807, 2.05) is 6.07 Å². The second kappa shape index (κ2) is 7.82. The van der Waals surface area contributed by atoms with Gasteiger partial charge < -0.3 is 19.9 Å². The predicted octanol–water partition coefficient (Wildman–Crippen LogP) is 1.58. The van der Waals surface area contributed by atoms with Crippen LogP contribution >= 0.6 is 0 Å². The zero-order valence-electron chi connectivity index (χ0n) is 14.9. The number of nitrogens with one attached hydrogen (secondary N) is 3. The summed E-state index contributed by atoms with van der Waals surface area (Å²) in [5.74, 6) is 0.606. The number of H-pyrrole nitrogens is 1. The fourth-order valence-corrected chi connectivity index (χ4v) is 3.75. The Labute approximate surface area is 162 Å². The van der Waals surface area contributed by atoms with Gasteiger partial charge in [-0.15, -0.1) is 5.10 Å². The average molecular weight is 401 g/mol. The van der Waals surface area contributed by atoms with Crippen molar-refractivity contribution >= 4 is 32.9 Å². The molecule has 2 aromatic heterocycles. The van der Waals surface area contributed by atoms with E-state index in [0.29, 0.717) is 24.7 Å². The normalized spacial score (nSPS) is 14.6. The number of rotatable bonds is 6. The van der Waals surface area contributed by atoms with Gasteiger partial charge in [0.1, 0.15) is 0 Å². The first-order valence-electron chi connectivity index (χ1n) is 8.64. The van der Waals surface area contributed by atoms with Crippen LogP contribution < -0.4 is 14.9 Å². The van der Waals surface area contributed by atoms with Gasteiger partial charge in [-0.3, -0.25) is 4.72 Å². The monoisotopic (exact) mass is 401 g/mol. The van der Waals surface area contributed by atoms with Crippen molar-refractivity contribution in [3.05, 3.63) is 49.1 Å². The Balaban J connectivity index is 1.43. The fourth-order valence-electron chi connectivity index (χ4n) is 2.78. The summed E-state index contributed by atoms with van der Waals surface area (Å²) in [7, 11) is -3.69. The van der Waals surface area contributed by atoms with Gasteiger partial charge in [0, 0.05) is 30.5 Å². The lowest BCUT2D eigenvalue weighted by molar-refractivity contribution is 0.122. The Morgan fingerprint density at radius 2 is 1.82 bits per heavy atom. The largest absolute Gasteiger partial charge is 0.378 e. The SMILES string of the molecule is O=S(=O)(Nc1ccc(Nc2cc(N3CCOCC3)cnn2)cc1)c1cnc[nH]1. The maximum absolute atomic E-state index is 12.2. The first-order chi connectivity index (χ1) is 13.6. The van der Waals surface area contributed by atoms with Gasteiger partial charge in [-0.25, -0.2) is 4.98 Å². The molecule has 1 saturated heterocycles. The minimum absolute atomic E-state index is 0.00454. The number of ether oxygens (including phenoxy) is 1. The van der Waals surface area contributed by atoms with E-state index in [4.69, 9.17) is 4.74 Å². The van der Waals surface area contributed by atoms with Crippen molar-refractivity contribution in [3.8, 4) is 0 Å². The standard InChI is InChI=1S/C17H19N7O3S/c25-28(26,17-11-18-12-19-17)23-14-3-1-13(2-4-14)21-16-9-15(10-20-22-16)24-5-7-27-8-6-24/h1-4,9-12,23H,5-8H2,(H,18,19)(H,21,22). The summed E-state index contributed by atoms with van der Waals surface area (Å²) >= 11 is 0. The van der Waals surface area contributed by atoms with Crippen molar-refractivity contribution in [2.45, 2.75) is 5.03 Å². The molecular formula is C17H19N7O3S. The second-order valence-corrected chi connectivity index (χ2v) is 7.77. The minimum atomic E-state index is -3.69. The molecule has 0 atom stereocenters. The third-order valence-corrected chi connectivity index (χ3v) is 5.50. The van der Waals surface area contributed by atoms with Gasteiger partial charge in [0.05, 0.1) is 37.6 Å². The van der Waals surface area contributed by atoms with E-state index in [2.05, 4.69) is 35.1 Å². The van der Waals surface area contributed by atoms with Crippen LogP contribution in [0.1, 0.15) is 0 Å². The molecule has 3 heterocycles. The van der Waals surface area contributed by atoms with Crippen molar-refractivity contribution in [2.24, 2.45) is 0 Å². The lowest BCUT2D eigenvalue weighted by Crippen LogP contribution is -2.36. The molecule has 0 radical (unpaired) electrons. The number of nitrogens with zero attached hydrogens (tertiary/aromatic N) is 4. The average Bonchev–Trinajstić information content (AvgIpc) is 3.26. The number of morpholine rings is 1. The molecule has 0 bridgehead atoms. The number of imidazole rings is 1. The molecule has 11 heteroatoms. The number of hydrogen-bond acceptors (Lipinski definition) is 8. The zero-order chi connectivity index (χ0) is 19.4. The first kappa shape index (κ1) is 18.2. The van der Waals surface area contributed by atoms with Gasteiger partial charge in [0.15, 0.2) is 10.8 Å². The molecule has 28 heavy (non-hydrogen) atoms. The molecule has 3 aromatic rings. The van der Waals surface area contributed by atoms with Crippen LogP contribution in [0.2, 0.25) is 0 Å². The number of hydrogen-bond donors (Lipinski definition) is 3. The summed E-state index contributed by atoms with van der Waals surface area (Å²) in [4.78, 5) is 8.49. The maximum atomic E-state index is 12.2. The van der Waals surface area contributed by atoms with Gasteiger partial charge in [-0.05, 0) is 24.3 Å². The Morgan fingerprint density at radius 3 is 2.54 bits per heavy atom. The summed E-state index contributed by atoms with van der Waals surface area (Å²) in [6.07, 6.45) is 4.29. The summed E-state index contributed by atoms with van der Waals surface area (Å²) < 4.78 is 32.3. The first-order valence-corrected chi connectivity index (χ1v) is 10.1. The number of benzene rings is 1. The quantitative estimate of drug-likeness (QED) is 0.568. The molecule has 0 saturated carbocycles. The Bertz CT molecular complexity index is 1020. The molecule has 1 aliphatic rings. The van der Waals surface area contributed by atoms with Gasteiger partial charge in [0.25, 0.3) is 10.0 Å². The van der Waals surface area contributed by atoms with Gasteiger partial charge >= 0.3 is 0 Å². The Morgan fingerprint density at radius 1 is 1.07 bits per heavy atom. The lowest BCUT2D eigenvalue weighted by Gasteiger charge is -2.28. The molecule has 1 fully saturated rings. The Kier molecular flexibility index (Phi) is 5.08. The van der Waals surface area contributed by atoms with E-state index in [1.165, 1.54) is 12.5 Å². The van der Waals surface area contributed by atoms with Crippen LogP contribution in [0.3, 0.4) is 0 Å². The molecule has 146 valence electrons. The maximum Gasteiger partial charge on any atom is 0.278 e. The highest BCUT2D eigenvalue weighted by Gasteiger charge is 2.15. The molecule has 1 aromatic carbocycles.